The highest BCUT2D eigenvalue weighted by molar-refractivity contribution is 6.01. The molecular formula is C26H24N2O2. The van der Waals surface area contributed by atoms with Crippen LogP contribution in [-0.2, 0) is 4.79 Å². The molecule has 0 aromatic heterocycles. The summed E-state index contributed by atoms with van der Waals surface area (Å²) in [5.74, 6) is 1.18. The van der Waals surface area contributed by atoms with Gasteiger partial charge in [-0.3, -0.25) is 4.79 Å². The van der Waals surface area contributed by atoms with Gasteiger partial charge in [-0.15, -0.1) is 0 Å². The Bertz CT molecular complexity index is 1100. The number of rotatable bonds is 3. The fraction of sp³-hybridized carbons (Fsp3) is 0.192. The highest BCUT2D eigenvalue weighted by Gasteiger charge is 2.35. The first kappa shape index (κ1) is 18.5. The lowest BCUT2D eigenvalue weighted by molar-refractivity contribution is -0.116. The van der Waals surface area contributed by atoms with Crippen LogP contribution >= 0.6 is 0 Å². The van der Waals surface area contributed by atoms with Gasteiger partial charge in [0.05, 0.1) is 24.5 Å². The zero-order valence-corrected chi connectivity index (χ0v) is 16.9. The summed E-state index contributed by atoms with van der Waals surface area (Å²) in [5, 5.41) is 7.20. The molecule has 3 aromatic carbocycles. The van der Waals surface area contributed by atoms with E-state index in [-0.39, 0.29) is 17.7 Å². The monoisotopic (exact) mass is 396 g/mol. The largest absolute Gasteiger partial charge is 0.497 e. The van der Waals surface area contributed by atoms with Crippen molar-refractivity contribution >= 4 is 17.2 Å². The maximum absolute atomic E-state index is 13.5. The van der Waals surface area contributed by atoms with E-state index in [0.717, 1.165) is 40.4 Å². The van der Waals surface area contributed by atoms with Crippen LogP contribution in [-0.4, -0.2) is 12.9 Å². The van der Waals surface area contributed by atoms with Gasteiger partial charge in [0, 0.05) is 17.7 Å². The lowest BCUT2D eigenvalue weighted by atomic mass is 9.78. The van der Waals surface area contributed by atoms with Gasteiger partial charge in [0.1, 0.15) is 5.75 Å². The van der Waals surface area contributed by atoms with E-state index in [1.165, 1.54) is 5.56 Å². The molecule has 0 spiro atoms. The maximum atomic E-state index is 13.5. The fourth-order valence-electron chi connectivity index (χ4n) is 4.50. The van der Waals surface area contributed by atoms with Crippen LogP contribution in [0.1, 0.15) is 35.9 Å². The molecule has 0 saturated heterocycles. The minimum atomic E-state index is -0.203. The third-order valence-corrected chi connectivity index (χ3v) is 6.03. The average molecular weight is 396 g/mol. The van der Waals surface area contributed by atoms with Gasteiger partial charge in [-0.1, -0.05) is 54.6 Å². The highest BCUT2D eigenvalue weighted by atomic mass is 16.5. The molecule has 30 heavy (non-hydrogen) atoms. The number of ether oxygens (including phenoxy) is 1. The Hall–Kier alpha value is -3.53. The summed E-state index contributed by atoms with van der Waals surface area (Å²) in [7, 11) is 1.66. The van der Waals surface area contributed by atoms with Gasteiger partial charge >= 0.3 is 0 Å². The first-order valence-electron chi connectivity index (χ1n) is 10.3. The van der Waals surface area contributed by atoms with Crippen LogP contribution in [0.5, 0.6) is 5.75 Å². The molecule has 2 atom stereocenters. The Morgan fingerprint density at radius 2 is 1.50 bits per heavy atom. The molecule has 150 valence electrons. The van der Waals surface area contributed by atoms with E-state index in [1.807, 2.05) is 54.6 Å². The van der Waals surface area contributed by atoms with Crippen LogP contribution in [0, 0.1) is 0 Å². The molecule has 0 radical (unpaired) electrons. The normalized spacial score (nSPS) is 20.4. The molecule has 5 rings (SSSR count). The third-order valence-electron chi connectivity index (χ3n) is 6.03. The Balaban J connectivity index is 1.60. The Morgan fingerprint density at radius 1 is 0.800 bits per heavy atom. The number of fused-ring (bicyclic) bond motifs is 1. The number of anilines is 2. The number of hydrogen-bond donors (Lipinski definition) is 2. The van der Waals surface area contributed by atoms with Crippen LogP contribution in [0.4, 0.5) is 11.4 Å². The zero-order chi connectivity index (χ0) is 20.5. The number of ketones is 1. The number of carbonyl (C=O) groups is 1. The van der Waals surface area contributed by atoms with Crippen molar-refractivity contribution in [1.82, 2.24) is 0 Å². The molecule has 0 fully saturated rings. The standard InChI is InChI=1S/C26H24N2O2/c1-30-20-13-11-18(12-14-20)26-25-23(27-21-9-5-6-10-22(21)28-26)15-19(16-24(25)29)17-7-3-2-4-8-17/h2-14,19,26-28H,15-16H2,1H3/t19-,26-/m0/s1. The smallest absolute Gasteiger partial charge is 0.163 e. The van der Waals surface area contributed by atoms with Crippen LogP contribution in [0.3, 0.4) is 0 Å². The summed E-state index contributed by atoms with van der Waals surface area (Å²) >= 11 is 0. The van der Waals surface area contributed by atoms with Gasteiger partial charge in [0.2, 0.25) is 0 Å². The molecule has 2 aliphatic rings. The van der Waals surface area contributed by atoms with Gasteiger partial charge in [-0.05, 0) is 47.7 Å². The summed E-state index contributed by atoms with van der Waals surface area (Å²) in [5.41, 5.74) is 6.11. The summed E-state index contributed by atoms with van der Waals surface area (Å²) < 4.78 is 5.32. The van der Waals surface area contributed by atoms with Crippen molar-refractivity contribution < 1.29 is 9.53 Å². The molecule has 3 aromatic rings. The molecule has 0 amide bonds. The van der Waals surface area contributed by atoms with E-state index in [4.69, 9.17) is 4.74 Å². The van der Waals surface area contributed by atoms with Gasteiger partial charge in [-0.2, -0.15) is 0 Å². The predicted molar refractivity (Wildman–Crippen MR) is 120 cm³/mol. The number of Topliss-reactive ketones (excluding diaryl/α,β-unsaturated/α-hetero) is 1. The average Bonchev–Trinajstić information content (AvgIpc) is 2.96. The first-order valence-corrected chi connectivity index (χ1v) is 10.3. The minimum absolute atomic E-state index is 0.187. The topological polar surface area (TPSA) is 50.4 Å². The minimum Gasteiger partial charge on any atom is -0.497 e. The fourth-order valence-corrected chi connectivity index (χ4v) is 4.50. The van der Waals surface area contributed by atoms with E-state index in [2.05, 4.69) is 34.9 Å². The number of para-hydroxylation sites is 2. The quantitative estimate of drug-likeness (QED) is 0.598. The number of nitrogens with one attached hydrogen (secondary N) is 2. The number of hydrogen-bond acceptors (Lipinski definition) is 4. The Morgan fingerprint density at radius 3 is 2.23 bits per heavy atom. The van der Waals surface area contributed by atoms with Crippen LogP contribution in [0.2, 0.25) is 0 Å². The molecular weight excluding hydrogens is 372 g/mol. The summed E-state index contributed by atoms with van der Waals surface area (Å²) in [6.45, 7) is 0. The van der Waals surface area contributed by atoms with E-state index >= 15 is 0 Å². The van der Waals surface area contributed by atoms with Crippen molar-refractivity contribution in [2.45, 2.75) is 24.8 Å². The summed E-state index contributed by atoms with van der Waals surface area (Å²) in [6, 6.07) is 26.2. The summed E-state index contributed by atoms with van der Waals surface area (Å²) in [4.78, 5) is 13.5. The van der Waals surface area contributed by atoms with Crippen molar-refractivity contribution in [3.8, 4) is 5.75 Å². The van der Waals surface area contributed by atoms with Gasteiger partial charge < -0.3 is 15.4 Å². The van der Waals surface area contributed by atoms with E-state index in [1.54, 1.807) is 7.11 Å². The van der Waals surface area contributed by atoms with Gasteiger partial charge in [0.15, 0.2) is 5.78 Å². The number of methoxy groups -OCH3 is 1. The molecule has 0 saturated carbocycles. The van der Waals surface area contributed by atoms with Crippen molar-refractivity contribution in [2.75, 3.05) is 17.7 Å². The molecule has 1 heterocycles. The second-order valence-electron chi connectivity index (χ2n) is 7.85. The van der Waals surface area contributed by atoms with Crippen LogP contribution < -0.4 is 15.4 Å². The molecule has 4 heteroatoms. The molecule has 0 bridgehead atoms. The summed E-state index contributed by atoms with van der Waals surface area (Å²) in [6.07, 6.45) is 1.34. The number of carbonyl (C=O) groups excluding carboxylic acids is 1. The molecule has 4 nitrogen and oxygen atoms in total. The molecule has 1 aliphatic carbocycles. The second kappa shape index (κ2) is 7.71. The predicted octanol–water partition coefficient (Wildman–Crippen LogP) is 5.67. The van der Waals surface area contributed by atoms with Crippen molar-refractivity contribution in [3.05, 3.63) is 101 Å². The van der Waals surface area contributed by atoms with Crippen molar-refractivity contribution in [1.29, 1.82) is 0 Å². The first-order chi connectivity index (χ1) is 14.7. The van der Waals surface area contributed by atoms with Gasteiger partial charge in [0.25, 0.3) is 0 Å². The SMILES string of the molecule is COc1ccc([C@@H]2Nc3ccccc3NC3=C2C(=O)C[C@@H](c2ccccc2)C3)cc1. The number of allylic oxidation sites excluding steroid dienone is 1. The van der Waals surface area contributed by atoms with Crippen molar-refractivity contribution in [2.24, 2.45) is 0 Å². The second-order valence-corrected chi connectivity index (χ2v) is 7.85. The van der Waals surface area contributed by atoms with E-state index in [9.17, 15) is 4.79 Å². The van der Waals surface area contributed by atoms with Crippen molar-refractivity contribution in [3.63, 3.8) is 0 Å². The zero-order valence-electron chi connectivity index (χ0n) is 16.9. The number of benzene rings is 3. The Labute approximate surface area is 176 Å². The van der Waals surface area contributed by atoms with Crippen LogP contribution in [0.15, 0.2) is 90.1 Å². The maximum Gasteiger partial charge on any atom is 0.163 e. The molecule has 0 unspecified atom stereocenters. The third kappa shape index (κ3) is 3.35. The van der Waals surface area contributed by atoms with Crippen LogP contribution in [0.25, 0.3) is 0 Å². The molecule has 1 aliphatic heterocycles. The Kier molecular flexibility index (Phi) is 4.75. The van der Waals surface area contributed by atoms with E-state index < -0.39 is 0 Å². The van der Waals surface area contributed by atoms with E-state index in [0.29, 0.717) is 6.42 Å². The highest BCUT2D eigenvalue weighted by Crippen LogP contribution is 2.44. The van der Waals surface area contributed by atoms with Gasteiger partial charge in [-0.25, -0.2) is 0 Å². The lowest BCUT2D eigenvalue weighted by Gasteiger charge is -2.30. The molecule has 2 N–H and O–H groups in total. The lowest BCUT2D eigenvalue weighted by Crippen LogP contribution is -2.26.